The van der Waals surface area contributed by atoms with Crippen molar-refractivity contribution in [2.45, 2.75) is 37.2 Å². The molecule has 10 heteroatoms. The summed E-state index contributed by atoms with van der Waals surface area (Å²) in [7, 11) is 1.56. The van der Waals surface area contributed by atoms with E-state index in [9.17, 15) is 9.18 Å². The highest BCUT2D eigenvalue weighted by Gasteiger charge is 2.21. The van der Waals surface area contributed by atoms with E-state index in [0.717, 1.165) is 31.0 Å². The predicted octanol–water partition coefficient (Wildman–Crippen LogP) is 3.95. The zero-order valence-electron chi connectivity index (χ0n) is 18.3. The Morgan fingerprint density at radius 3 is 2.82 bits per heavy atom. The SMILES string of the molecule is COc1ccccc1NC(=O)CSc1nnc(CNc2ccc(F)cc2)n1C[C@@H]1CCCO1. The standard InChI is InChI=1S/C23H26FN5O3S/c1-31-20-7-3-2-6-19(20)26-22(30)15-33-23-28-27-21(29(23)14-18-5-4-12-32-18)13-25-17-10-8-16(24)9-11-17/h2-3,6-11,18,25H,4-5,12-15H2,1H3,(H,26,30)/t18-/m0/s1. The number of nitrogens with one attached hydrogen (secondary N) is 2. The van der Waals surface area contributed by atoms with E-state index in [1.165, 1.54) is 23.9 Å². The minimum absolute atomic E-state index is 0.0901. The summed E-state index contributed by atoms with van der Waals surface area (Å²) in [5, 5.41) is 15.4. The van der Waals surface area contributed by atoms with Crippen LogP contribution in [0.25, 0.3) is 0 Å². The topological polar surface area (TPSA) is 90.3 Å². The summed E-state index contributed by atoms with van der Waals surface area (Å²) in [6.07, 6.45) is 2.09. The second-order valence-corrected chi connectivity index (χ2v) is 8.48. The Morgan fingerprint density at radius 2 is 2.06 bits per heavy atom. The zero-order valence-corrected chi connectivity index (χ0v) is 19.1. The number of anilines is 2. The second kappa shape index (κ2) is 11.2. The second-order valence-electron chi connectivity index (χ2n) is 7.54. The van der Waals surface area contributed by atoms with Gasteiger partial charge in [0.1, 0.15) is 11.6 Å². The third kappa shape index (κ3) is 6.23. The van der Waals surface area contributed by atoms with Gasteiger partial charge < -0.3 is 24.7 Å². The smallest absolute Gasteiger partial charge is 0.234 e. The molecular weight excluding hydrogens is 445 g/mol. The number of hydrogen-bond donors (Lipinski definition) is 2. The van der Waals surface area contributed by atoms with Gasteiger partial charge in [0.2, 0.25) is 5.91 Å². The molecule has 0 aliphatic carbocycles. The normalized spacial score (nSPS) is 15.4. The highest BCUT2D eigenvalue weighted by Crippen LogP contribution is 2.25. The van der Waals surface area contributed by atoms with Crippen molar-refractivity contribution in [1.82, 2.24) is 14.8 Å². The van der Waals surface area contributed by atoms with Gasteiger partial charge in [-0.2, -0.15) is 0 Å². The van der Waals surface area contributed by atoms with Crippen LogP contribution in [0.5, 0.6) is 5.75 Å². The Morgan fingerprint density at radius 1 is 1.24 bits per heavy atom. The van der Waals surface area contributed by atoms with Gasteiger partial charge in [0, 0.05) is 12.3 Å². The number of hydrogen-bond acceptors (Lipinski definition) is 7. The molecule has 0 spiro atoms. The Bertz CT molecular complexity index is 1070. The van der Waals surface area contributed by atoms with Crippen LogP contribution in [0.3, 0.4) is 0 Å². The number of halogens is 1. The molecular formula is C23H26FN5O3S. The third-order valence-corrected chi connectivity index (χ3v) is 6.18. The van der Waals surface area contributed by atoms with Crippen LogP contribution in [0.2, 0.25) is 0 Å². The molecule has 1 atom stereocenters. The van der Waals surface area contributed by atoms with E-state index in [2.05, 4.69) is 20.8 Å². The lowest BCUT2D eigenvalue weighted by atomic mass is 10.2. The molecule has 1 aromatic heterocycles. The summed E-state index contributed by atoms with van der Waals surface area (Å²) in [6.45, 7) is 1.78. The van der Waals surface area contributed by atoms with Gasteiger partial charge in [-0.05, 0) is 49.2 Å². The van der Waals surface area contributed by atoms with Crippen molar-refractivity contribution in [2.24, 2.45) is 0 Å². The lowest BCUT2D eigenvalue weighted by Gasteiger charge is -2.15. The maximum Gasteiger partial charge on any atom is 0.234 e. The number of thioether (sulfide) groups is 1. The molecule has 1 saturated heterocycles. The van der Waals surface area contributed by atoms with Gasteiger partial charge >= 0.3 is 0 Å². The molecule has 1 aliphatic rings. The highest BCUT2D eigenvalue weighted by atomic mass is 32.2. The number of aromatic nitrogens is 3. The monoisotopic (exact) mass is 471 g/mol. The Kier molecular flexibility index (Phi) is 7.79. The fourth-order valence-electron chi connectivity index (χ4n) is 3.55. The largest absolute Gasteiger partial charge is 0.495 e. The van der Waals surface area contributed by atoms with Crippen LogP contribution in [-0.2, 0) is 22.6 Å². The molecule has 2 aromatic carbocycles. The van der Waals surface area contributed by atoms with Gasteiger partial charge in [-0.25, -0.2) is 4.39 Å². The molecule has 1 amide bonds. The summed E-state index contributed by atoms with van der Waals surface area (Å²) < 4.78 is 26.2. The molecule has 1 fully saturated rings. The van der Waals surface area contributed by atoms with Crippen LogP contribution >= 0.6 is 11.8 Å². The maximum atomic E-state index is 13.2. The molecule has 3 aromatic rings. The highest BCUT2D eigenvalue weighted by molar-refractivity contribution is 7.99. The van der Waals surface area contributed by atoms with E-state index in [1.807, 2.05) is 16.7 Å². The molecule has 4 rings (SSSR count). The summed E-state index contributed by atoms with van der Waals surface area (Å²) in [6, 6.07) is 13.4. The van der Waals surface area contributed by atoms with E-state index < -0.39 is 0 Å². The minimum Gasteiger partial charge on any atom is -0.495 e. The summed E-state index contributed by atoms with van der Waals surface area (Å²) in [5.41, 5.74) is 1.41. The summed E-state index contributed by atoms with van der Waals surface area (Å²) >= 11 is 1.32. The number of nitrogens with zero attached hydrogens (tertiary/aromatic N) is 3. The molecule has 2 N–H and O–H groups in total. The summed E-state index contributed by atoms with van der Waals surface area (Å²) in [4.78, 5) is 12.5. The zero-order chi connectivity index (χ0) is 23.0. The molecule has 0 saturated carbocycles. The molecule has 33 heavy (non-hydrogen) atoms. The van der Waals surface area contributed by atoms with Crippen molar-refractivity contribution in [3.8, 4) is 5.75 Å². The van der Waals surface area contributed by atoms with Crippen LogP contribution in [0.4, 0.5) is 15.8 Å². The van der Waals surface area contributed by atoms with Gasteiger partial charge in [-0.3, -0.25) is 4.79 Å². The molecule has 0 radical (unpaired) electrons. The van der Waals surface area contributed by atoms with Crippen molar-refractivity contribution in [3.05, 3.63) is 60.2 Å². The number of methoxy groups -OCH3 is 1. The van der Waals surface area contributed by atoms with Gasteiger partial charge in [0.25, 0.3) is 0 Å². The van der Waals surface area contributed by atoms with Crippen molar-refractivity contribution < 1.29 is 18.7 Å². The number of carbonyl (C=O) groups is 1. The van der Waals surface area contributed by atoms with E-state index in [4.69, 9.17) is 9.47 Å². The number of rotatable bonds is 10. The summed E-state index contributed by atoms with van der Waals surface area (Å²) in [5.74, 6) is 1.05. The van der Waals surface area contributed by atoms with Gasteiger partial charge in [-0.1, -0.05) is 23.9 Å². The third-order valence-electron chi connectivity index (χ3n) is 5.21. The fourth-order valence-corrected chi connectivity index (χ4v) is 4.31. The lowest BCUT2D eigenvalue weighted by molar-refractivity contribution is -0.113. The van der Waals surface area contributed by atoms with Gasteiger partial charge in [0.15, 0.2) is 11.0 Å². The van der Waals surface area contributed by atoms with Crippen molar-refractivity contribution in [3.63, 3.8) is 0 Å². The van der Waals surface area contributed by atoms with Crippen LogP contribution in [0.1, 0.15) is 18.7 Å². The van der Waals surface area contributed by atoms with Gasteiger partial charge in [-0.15, -0.1) is 10.2 Å². The number of amides is 1. The number of ether oxygens (including phenoxy) is 2. The molecule has 8 nitrogen and oxygen atoms in total. The van der Waals surface area contributed by atoms with E-state index in [1.54, 1.807) is 31.4 Å². The first-order valence-electron chi connectivity index (χ1n) is 10.7. The predicted molar refractivity (Wildman–Crippen MR) is 125 cm³/mol. The first-order valence-corrected chi connectivity index (χ1v) is 11.7. The van der Waals surface area contributed by atoms with Crippen LogP contribution in [0, 0.1) is 5.82 Å². The number of carbonyl (C=O) groups excluding carboxylic acids is 1. The van der Waals surface area contributed by atoms with Crippen molar-refractivity contribution >= 4 is 29.0 Å². The first kappa shape index (κ1) is 23.1. The van der Waals surface area contributed by atoms with Crippen molar-refractivity contribution in [2.75, 3.05) is 30.1 Å². The fraction of sp³-hybridized carbons (Fsp3) is 0.348. The van der Waals surface area contributed by atoms with Crippen LogP contribution in [-0.4, -0.2) is 46.2 Å². The van der Waals surface area contributed by atoms with E-state index in [-0.39, 0.29) is 23.6 Å². The Hall–Kier alpha value is -3.11. The molecule has 174 valence electrons. The van der Waals surface area contributed by atoms with E-state index in [0.29, 0.717) is 29.7 Å². The maximum absolute atomic E-state index is 13.2. The lowest BCUT2D eigenvalue weighted by Crippen LogP contribution is -2.20. The Labute approximate surface area is 195 Å². The molecule has 0 unspecified atom stereocenters. The molecule has 0 bridgehead atoms. The van der Waals surface area contributed by atoms with Crippen LogP contribution in [0.15, 0.2) is 53.7 Å². The quantitative estimate of drug-likeness (QED) is 0.433. The average Bonchev–Trinajstić information content (AvgIpc) is 3.48. The Balaban J connectivity index is 1.42. The minimum atomic E-state index is -0.285. The van der Waals surface area contributed by atoms with Crippen molar-refractivity contribution in [1.29, 1.82) is 0 Å². The first-order chi connectivity index (χ1) is 16.1. The number of benzene rings is 2. The average molecular weight is 472 g/mol. The van der Waals surface area contributed by atoms with Crippen LogP contribution < -0.4 is 15.4 Å². The molecule has 2 heterocycles. The number of para-hydroxylation sites is 2. The van der Waals surface area contributed by atoms with E-state index >= 15 is 0 Å². The van der Waals surface area contributed by atoms with Gasteiger partial charge in [0.05, 0.1) is 37.7 Å². The molecule has 1 aliphatic heterocycles.